The lowest BCUT2D eigenvalue weighted by molar-refractivity contribution is -0.384. The zero-order chi connectivity index (χ0) is 44.5. The maximum absolute atomic E-state index is 11.3. The highest BCUT2D eigenvalue weighted by atomic mass is 31.2. The van der Waals surface area contributed by atoms with Crippen LogP contribution in [0.4, 0.5) is 17.2 Å². The van der Waals surface area contributed by atoms with E-state index >= 15 is 0 Å². The van der Waals surface area contributed by atoms with Gasteiger partial charge >= 0.3 is 0 Å². The fraction of sp³-hybridized carbons (Fsp3) is 0.348. The van der Waals surface area contributed by atoms with E-state index in [1.54, 1.807) is 32.7 Å². The van der Waals surface area contributed by atoms with E-state index in [1.807, 2.05) is 83.4 Å². The first kappa shape index (κ1) is 45.0. The van der Waals surface area contributed by atoms with Crippen LogP contribution in [0.25, 0.3) is 11.2 Å². The number of nitro benzene ring substituents is 1. The molecule has 7 rings (SSSR count). The minimum absolute atomic E-state index is 0.0237. The van der Waals surface area contributed by atoms with Gasteiger partial charge in [-0.3, -0.25) is 14.7 Å². The van der Waals surface area contributed by atoms with Gasteiger partial charge in [0.05, 0.1) is 57.3 Å². The number of nitrogens with one attached hydrogen (secondary N) is 1. The van der Waals surface area contributed by atoms with E-state index < -0.39 is 37.5 Å². The lowest BCUT2D eigenvalue weighted by Crippen LogP contribution is -2.39. The van der Waals surface area contributed by atoms with E-state index in [1.165, 1.54) is 18.5 Å². The molecule has 1 unspecified atom stereocenters. The summed E-state index contributed by atoms with van der Waals surface area (Å²) in [6.07, 6.45) is 1.88. The number of ether oxygens (including phenoxy) is 4. The number of hydrogen-bond acceptors (Lipinski definition) is 14. The number of fused-ring (bicyclic) bond motifs is 1. The third kappa shape index (κ3) is 9.95. The highest BCUT2D eigenvalue weighted by molar-refractivity contribution is 7.44. The van der Waals surface area contributed by atoms with E-state index in [0.29, 0.717) is 40.6 Å². The Bertz CT molecular complexity index is 2410. The molecule has 0 saturated carbocycles. The monoisotopic (exact) mass is 874 g/mol. The number of non-ortho nitro benzene ring substituents is 1. The lowest BCUT2D eigenvalue weighted by atomic mass is 9.80. The fourth-order valence-corrected chi connectivity index (χ4v) is 9.54. The Labute approximate surface area is 367 Å². The average Bonchev–Trinajstić information content (AvgIpc) is 3.92. The predicted molar refractivity (Wildman–Crippen MR) is 239 cm³/mol. The molecule has 2 aromatic heterocycles. The normalized spacial score (nSPS) is 17.0. The van der Waals surface area contributed by atoms with Gasteiger partial charge in [-0.05, 0) is 80.8 Å². The van der Waals surface area contributed by atoms with Crippen LogP contribution in [0.2, 0.25) is 0 Å². The number of rotatable bonds is 20. The smallest absolute Gasteiger partial charge is 0.269 e. The number of nitrogens with zero attached hydrogens (tertiary/aromatic N) is 7. The molecule has 4 atom stereocenters. The van der Waals surface area contributed by atoms with Crippen molar-refractivity contribution in [3.8, 4) is 17.6 Å². The SMILES string of the molecule is COc1ccc(C(OC[C@H]2O[C@@H](n3cnc4c(Nc5ccc([N+](=O)[O-])cc5)ncnc43)C[C@@H]2OP(OCCC#N)N(C(C)C)C(C)C)(c2ccccc2)c2ccc(OC)cc2)cc1. The van der Waals surface area contributed by atoms with Gasteiger partial charge in [0.25, 0.3) is 14.2 Å². The first-order chi connectivity index (χ1) is 30.6. The summed E-state index contributed by atoms with van der Waals surface area (Å²) in [5.74, 6) is 1.83. The highest BCUT2D eigenvalue weighted by Gasteiger charge is 2.45. The molecular formula is C46H51N8O8P. The minimum atomic E-state index is -1.67. The Morgan fingerprint density at radius 1 is 0.905 bits per heavy atom. The van der Waals surface area contributed by atoms with E-state index in [4.69, 9.17) is 33.0 Å². The second-order valence-electron chi connectivity index (χ2n) is 15.3. The highest BCUT2D eigenvalue weighted by Crippen LogP contribution is 2.51. The zero-order valence-corrected chi connectivity index (χ0v) is 36.9. The zero-order valence-electron chi connectivity index (χ0n) is 36.0. The predicted octanol–water partition coefficient (Wildman–Crippen LogP) is 9.45. The van der Waals surface area contributed by atoms with Crippen LogP contribution < -0.4 is 14.8 Å². The molecule has 0 amide bonds. The second-order valence-corrected chi connectivity index (χ2v) is 16.8. The number of benzene rings is 4. The molecule has 1 fully saturated rings. The van der Waals surface area contributed by atoms with Gasteiger partial charge in [0, 0.05) is 36.3 Å². The van der Waals surface area contributed by atoms with Gasteiger partial charge in [-0.15, -0.1) is 0 Å². The molecular weight excluding hydrogens is 824 g/mol. The van der Waals surface area contributed by atoms with Crippen molar-refractivity contribution in [1.29, 1.82) is 5.26 Å². The summed E-state index contributed by atoms with van der Waals surface area (Å²) in [5, 5.41) is 23.9. The number of aromatic nitrogens is 4. The summed E-state index contributed by atoms with van der Waals surface area (Å²) in [7, 11) is 1.60. The third-order valence-electron chi connectivity index (χ3n) is 10.7. The summed E-state index contributed by atoms with van der Waals surface area (Å²) < 4.78 is 43.0. The van der Waals surface area contributed by atoms with Gasteiger partial charge in [0.2, 0.25) is 0 Å². The van der Waals surface area contributed by atoms with Crippen LogP contribution in [-0.4, -0.2) is 80.8 Å². The van der Waals surface area contributed by atoms with Crippen molar-refractivity contribution in [3.63, 3.8) is 0 Å². The number of methoxy groups -OCH3 is 2. The molecule has 3 heterocycles. The Hall–Kier alpha value is -6.05. The quantitative estimate of drug-likeness (QED) is 0.0252. The maximum atomic E-state index is 11.3. The van der Waals surface area contributed by atoms with E-state index in [0.717, 1.165) is 16.7 Å². The van der Waals surface area contributed by atoms with Crippen LogP contribution in [0.5, 0.6) is 11.5 Å². The Balaban J connectivity index is 1.28. The Morgan fingerprint density at radius 3 is 2.10 bits per heavy atom. The molecule has 1 N–H and O–H groups in total. The first-order valence-corrected chi connectivity index (χ1v) is 21.8. The second kappa shape index (κ2) is 20.4. The molecule has 63 heavy (non-hydrogen) atoms. The van der Waals surface area contributed by atoms with Crippen LogP contribution in [0.3, 0.4) is 0 Å². The number of imidazole rings is 1. The molecule has 16 nitrogen and oxygen atoms in total. The van der Waals surface area contributed by atoms with E-state index in [2.05, 4.69) is 53.7 Å². The Morgan fingerprint density at radius 2 is 1.52 bits per heavy atom. The van der Waals surface area contributed by atoms with Crippen LogP contribution in [0.1, 0.15) is 63.5 Å². The first-order valence-electron chi connectivity index (χ1n) is 20.6. The van der Waals surface area contributed by atoms with Crippen LogP contribution in [-0.2, 0) is 24.1 Å². The van der Waals surface area contributed by atoms with Crippen LogP contribution in [0.15, 0.2) is 116 Å². The van der Waals surface area contributed by atoms with E-state index in [9.17, 15) is 15.4 Å². The summed E-state index contributed by atoms with van der Waals surface area (Å²) in [4.78, 5) is 24.6. The molecule has 0 aliphatic carbocycles. The van der Waals surface area contributed by atoms with Crippen molar-refractivity contribution >= 4 is 36.9 Å². The molecule has 4 aromatic carbocycles. The maximum Gasteiger partial charge on any atom is 0.269 e. The molecule has 0 spiro atoms. The number of hydrogen-bond donors (Lipinski definition) is 1. The number of anilines is 2. The topological polar surface area (TPSA) is 181 Å². The van der Waals surface area contributed by atoms with Crippen molar-refractivity contribution < 1.29 is 32.9 Å². The van der Waals surface area contributed by atoms with Crippen molar-refractivity contribution in [2.75, 3.05) is 32.8 Å². The molecule has 328 valence electrons. The van der Waals surface area contributed by atoms with Gasteiger partial charge in [-0.1, -0.05) is 54.6 Å². The summed E-state index contributed by atoms with van der Waals surface area (Å²) in [5.41, 5.74) is 3.05. The molecule has 6 aromatic rings. The molecule has 1 aliphatic rings. The third-order valence-corrected chi connectivity index (χ3v) is 12.9. The van der Waals surface area contributed by atoms with Gasteiger partial charge in [0.1, 0.15) is 35.8 Å². The van der Waals surface area contributed by atoms with Crippen molar-refractivity contribution in [2.45, 2.75) is 76.7 Å². The molecule has 0 radical (unpaired) electrons. The van der Waals surface area contributed by atoms with Crippen LogP contribution >= 0.6 is 8.53 Å². The molecule has 0 bridgehead atoms. The molecule has 17 heteroatoms. The largest absolute Gasteiger partial charge is 0.497 e. The van der Waals surface area contributed by atoms with Crippen molar-refractivity contribution in [2.24, 2.45) is 0 Å². The van der Waals surface area contributed by atoms with E-state index in [-0.39, 0.29) is 37.4 Å². The average molecular weight is 875 g/mol. The Kier molecular flexibility index (Phi) is 14.6. The lowest BCUT2D eigenvalue weighted by Gasteiger charge is -2.39. The summed E-state index contributed by atoms with van der Waals surface area (Å²) >= 11 is 0. The van der Waals surface area contributed by atoms with Crippen LogP contribution in [0, 0.1) is 21.4 Å². The number of nitriles is 1. The van der Waals surface area contributed by atoms with Crippen molar-refractivity contribution in [1.82, 2.24) is 24.2 Å². The van der Waals surface area contributed by atoms with Crippen molar-refractivity contribution in [3.05, 3.63) is 143 Å². The summed E-state index contributed by atoms with van der Waals surface area (Å²) in [6, 6.07) is 34.1. The number of nitro groups is 1. The standard InChI is InChI=1S/C46H51N8O8P/c1-31(2)53(32(3)4)63(60-26-10-25-47)62-40-27-42(52-30-50-43-44(48-29-49-45(43)52)51-36-17-19-37(20-18-36)54(55)56)61-41(40)28-59-46(33-11-8-7-9-12-33,34-13-21-38(57-5)22-14-34)35-15-23-39(58-6)24-16-35/h7-9,11-24,29-32,40-42H,10,26-28H2,1-6H3,(H,48,49,51)/t40-,41+,42+,63?/m0/s1. The van der Waals surface area contributed by atoms with Gasteiger partial charge < -0.3 is 33.3 Å². The van der Waals surface area contributed by atoms with Gasteiger partial charge in [-0.2, -0.15) is 5.26 Å². The van der Waals surface area contributed by atoms with Gasteiger partial charge in [0.15, 0.2) is 17.0 Å². The fourth-order valence-electron chi connectivity index (χ4n) is 7.78. The molecule has 1 aliphatic heterocycles. The van der Waals surface area contributed by atoms with Gasteiger partial charge in [-0.25, -0.2) is 19.6 Å². The minimum Gasteiger partial charge on any atom is -0.497 e. The summed E-state index contributed by atoms with van der Waals surface area (Å²) in [6.45, 7) is 8.66. The molecule has 1 saturated heterocycles.